The van der Waals surface area contributed by atoms with Gasteiger partial charge in [-0.15, -0.1) is 0 Å². The Morgan fingerprint density at radius 2 is 2.14 bits per heavy atom. The molecule has 1 aromatic heterocycles. The van der Waals surface area contributed by atoms with E-state index < -0.39 is 35.8 Å². The summed E-state index contributed by atoms with van der Waals surface area (Å²) in [6.07, 6.45) is -1.64. The zero-order valence-electron chi connectivity index (χ0n) is 16.3. The number of carbonyl (C=O) groups is 1. The molecular formula is C17H26N2O7S2. The van der Waals surface area contributed by atoms with E-state index in [1.54, 1.807) is 28.5 Å². The van der Waals surface area contributed by atoms with Crippen LogP contribution in [0.5, 0.6) is 0 Å². The molecule has 158 valence electrons. The van der Waals surface area contributed by atoms with Gasteiger partial charge in [0.05, 0.1) is 6.61 Å². The van der Waals surface area contributed by atoms with Crippen LogP contribution < -0.4 is 11.2 Å². The molecule has 0 saturated carbocycles. The van der Waals surface area contributed by atoms with Crippen molar-refractivity contribution in [1.82, 2.24) is 9.55 Å². The Morgan fingerprint density at radius 1 is 1.43 bits per heavy atom. The van der Waals surface area contributed by atoms with E-state index in [4.69, 9.17) is 14.2 Å². The number of aryl methyl sites for hydroxylation is 1. The average Bonchev–Trinajstić information content (AvgIpc) is 2.99. The molecule has 2 N–H and O–H groups in total. The van der Waals surface area contributed by atoms with Crippen LogP contribution in [-0.4, -0.2) is 56.7 Å². The molecule has 1 aliphatic rings. The first-order chi connectivity index (χ1) is 13.1. The number of nitrogens with zero attached hydrogens (tertiary/aromatic N) is 1. The zero-order chi connectivity index (χ0) is 20.9. The van der Waals surface area contributed by atoms with Gasteiger partial charge in [-0.25, -0.2) is 9.59 Å². The smallest absolute Gasteiger partial charge is 0.433 e. The Labute approximate surface area is 170 Å². The highest BCUT2D eigenvalue weighted by molar-refractivity contribution is 8.77. The molecule has 3 atom stereocenters. The number of aromatic nitrogens is 2. The van der Waals surface area contributed by atoms with Crippen molar-refractivity contribution in [2.24, 2.45) is 0 Å². The second kappa shape index (κ2) is 9.86. The van der Waals surface area contributed by atoms with E-state index in [1.807, 2.05) is 0 Å². The Hall–Kier alpha value is -1.43. The highest BCUT2D eigenvalue weighted by Gasteiger charge is 2.39. The van der Waals surface area contributed by atoms with Crippen molar-refractivity contribution < 1.29 is 24.1 Å². The highest BCUT2D eigenvalue weighted by Crippen LogP contribution is 2.34. The van der Waals surface area contributed by atoms with Crippen LogP contribution in [-0.2, 0) is 14.2 Å². The molecule has 1 unspecified atom stereocenters. The maximum Gasteiger partial charge on any atom is 0.508 e. The van der Waals surface area contributed by atoms with Gasteiger partial charge in [0.1, 0.15) is 25.0 Å². The van der Waals surface area contributed by atoms with Crippen molar-refractivity contribution in [2.75, 3.05) is 19.0 Å². The lowest BCUT2D eigenvalue weighted by Crippen LogP contribution is -2.33. The molecule has 28 heavy (non-hydrogen) atoms. The van der Waals surface area contributed by atoms with Gasteiger partial charge in [-0.05, 0) is 6.92 Å². The highest BCUT2D eigenvalue weighted by atomic mass is 33.1. The topological polar surface area (TPSA) is 120 Å². The largest absolute Gasteiger partial charge is 0.508 e. The molecule has 0 aromatic carbocycles. The summed E-state index contributed by atoms with van der Waals surface area (Å²) in [5.41, 5.74) is -0.760. The molecule has 2 rings (SSSR count). The summed E-state index contributed by atoms with van der Waals surface area (Å²) < 4.78 is 17.3. The Morgan fingerprint density at radius 3 is 2.79 bits per heavy atom. The third-order valence-corrected chi connectivity index (χ3v) is 7.06. The van der Waals surface area contributed by atoms with Crippen LogP contribution >= 0.6 is 21.6 Å². The molecule has 0 amide bonds. The van der Waals surface area contributed by atoms with E-state index in [1.165, 1.54) is 10.8 Å². The zero-order valence-corrected chi connectivity index (χ0v) is 17.9. The first-order valence-corrected chi connectivity index (χ1v) is 11.1. The molecule has 11 heteroatoms. The molecule has 1 saturated heterocycles. The maximum atomic E-state index is 12.0. The third kappa shape index (κ3) is 6.57. The lowest BCUT2D eigenvalue weighted by atomic mass is 10.2. The second-order valence-electron chi connectivity index (χ2n) is 7.30. The lowest BCUT2D eigenvalue weighted by molar-refractivity contribution is -0.0570. The van der Waals surface area contributed by atoms with Gasteiger partial charge in [-0.1, -0.05) is 42.4 Å². The van der Waals surface area contributed by atoms with Crippen molar-refractivity contribution in [2.45, 2.75) is 57.3 Å². The normalized spacial score (nSPS) is 22.2. The quantitative estimate of drug-likeness (QED) is 0.376. The second-order valence-corrected chi connectivity index (χ2v) is 10.5. The first-order valence-electron chi connectivity index (χ1n) is 8.83. The van der Waals surface area contributed by atoms with Crippen molar-refractivity contribution >= 4 is 27.7 Å². The Kier molecular flexibility index (Phi) is 8.05. The SMILES string of the molecule is Cc1cn([C@H]2CC(OC(=O)OCCSSC(C)(C)C)[C@@H](CO)O2)c(=O)[nH]c1=O. The number of H-pyrrole nitrogens is 1. The van der Waals surface area contributed by atoms with Gasteiger partial charge < -0.3 is 19.3 Å². The fourth-order valence-corrected chi connectivity index (χ4v) is 4.60. The predicted molar refractivity (Wildman–Crippen MR) is 108 cm³/mol. The Balaban J connectivity index is 1.88. The minimum Gasteiger partial charge on any atom is -0.433 e. The number of hydrogen-bond acceptors (Lipinski definition) is 9. The molecule has 1 aromatic rings. The monoisotopic (exact) mass is 434 g/mol. The number of hydrogen-bond donors (Lipinski definition) is 2. The van der Waals surface area contributed by atoms with Gasteiger partial charge >= 0.3 is 11.8 Å². The Bertz CT molecular complexity index is 787. The van der Waals surface area contributed by atoms with Gasteiger partial charge in [0.25, 0.3) is 5.56 Å². The van der Waals surface area contributed by atoms with Crippen molar-refractivity contribution in [3.05, 3.63) is 32.6 Å². The van der Waals surface area contributed by atoms with Crippen LogP contribution in [0.25, 0.3) is 0 Å². The third-order valence-electron chi connectivity index (χ3n) is 3.76. The minimum absolute atomic E-state index is 0.119. The van der Waals surface area contributed by atoms with E-state index in [2.05, 4.69) is 25.8 Å². The number of aromatic amines is 1. The molecule has 0 bridgehead atoms. The fourth-order valence-electron chi connectivity index (χ4n) is 2.49. The summed E-state index contributed by atoms with van der Waals surface area (Å²) in [7, 11) is 3.30. The minimum atomic E-state index is -0.848. The van der Waals surface area contributed by atoms with Gasteiger partial charge in [0, 0.05) is 28.7 Å². The molecular weight excluding hydrogens is 408 g/mol. The first kappa shape index (κ1) is 22.9. The summed E-state index contributed by atoms with van der Waals surface area (Å²) in [6, 6.07) is 0. The molecule has 0 spiro atoms. The number of carbonyl (C=O) groups excluding carboxylic acids is 1. The van der Waals surface area contributed by atoms with Gasteiger partial charge in [-0.2, -0.15) is 0 Å². The molecule has 0 radical (unpaired) electrons. The van der Waals surface area contributed by atoms with Crippen LogP contribution in [0.3, 0.4) is 0 Å². The molecule has 1 fully saturated rings. The number of rotatable bonds is 7. The molecule has 0 aliphatic carbocycles. The van der Waals surface area contributed by atoms with Crippen LogP contribution in [0.15, 0.2) is 15.8 Å². The van der Waals surface area contributed by atoms with E-state index in [9.17, 15) is 19.5 Å². The number of nitrogens with one attached hydrogen (secondary N) is 1. The molecule has 9 nitrogen and oxygen atoms in total. The van der Waals surface area contributed by atoms with Crippen molar-refractivity contribution in [3.63, 3.8) is 0 Å². The standard InChI is InChI=1S/C17H26N2O7S2/c1-10-8-19(15(22)18-14(10)21)13-7-11(12(9-20)25-13)26-16(23)24-5-6-27-28-17(2,3)4/h8,11-13,20H,5-7,9H2,1-4H3,(H,18,21,22)/t11?,12-,13-/m1/s1. The predicted octanol–water partition coefficient (Wildman–Crippen LogP) is 1.83. The van der Waals surface area contributed by atoms with E-state index in [0.29, 0.717) is 11.3 Å². The average molecular weight is 435 g/mol. The molecule has 1 aliphatic heterocycles. The van der Waals surface area contributed by atoms with Crippen LogP contribution in [0.1, 0.15) is 39.0 Å². The number of aliphatic hydroxyl groups is 1. The summed E-state index contributed by atoms with van der Waals surface area (Å²) in [6.45, 7) is 7.67. The van der Waals surface area contributed by atoms with Crippen LogP contribution in [0, 0.1) is 6.92 Å². The van der Waals surface area contributed by atoms with Gasteiger partial charge in [-0.3, -0.25) is 14.3 Å². The molecule has 2 heterocycles. The van der Waals surface area contributed by atoms with Crippen LogP contribution in [0.2, 0.25) is 0 Å². The number of aliphatic hydroxyl groups excluding tert-OH is 1. The number of ether oxygens (including phenoxy) is 3. The summed E-state index contributed by atoms with van der Waals surface area (Å²) in [5.74, 6) is 0.621. The fraction of sp³-hybridized carbons (Fsp3) is 0.706. The van der Waals surface area contributed by atoms with Crippen molar-refractivity contribution in [1.29, 1.82) is 0 Å². The van der Waals surface area contributed by atoms with E-state index >= 15 is 0 Å². The van der Waals surface area contributed by atoms with E-state index in [-0.39, 0.29) is 24.4 Å². The van der Waals surface area contributed by atoms with Crippen molar-refractivity contribution in [3.8, 4) is 0 Å². The summed E-state index contributed by atoms with van der Waals surface area (Å²) in [5, 5.41) is 9.50. The van der Waals surface area contributed by atoms with Crippen LogP contribution in [0.4, 0.5) is 4.79 Å². The lowest BCUT2D eigenvalue weighted by Gasteiger charge is -2.17. The van der Waals surface area contributed by atoms with E-state index in [0.717, 1.165) is 0 Å². The summed E-state index contributed by atoms with van der Waals surface area (Å²) >= 11 is 0. The maximum absolute atomic E-state index is 12.0. The summed E-state index contributed by atoms with van der Waals surface area (Å²) in [4.78, 5) is 37.6. The van der Waals surface area contributed by atoms with Gasteiger partial charge in [0.2, 0.25) is 0 Å². The van der Waals surface area contributed by atoms with Gasteiger partial charge in [0.15, 0.2) is 0 Å².